The monoisotopic (exact) mass is 361 g/mol. The first-order valence-electron chi connectivity index (χ1n) is 9.45. The van der Waals surface area contributed by atoms with Crippen LogP contribution in [-0.4, -0.2) is 53.5 Å². The minimum Gasteiger partial charge on any atom is -0.445 e. The molecule has 144 valence electrons. The summed E-state index contributed by atoms with van der Waals surface area (Å²) in [5.41, 5.74) is 6.98. The van der Waals surface area contributed by atoms with E-state index < -0.39 is 6.04 Å². The maximum absolute atomic E-state index is 12.5. The van der Waals surface area contributed by atoms with Gasteiger partial charge in [0.2, 0.25) is 5.91 Å². The van der Waals surface area contributed by atoms with Gasteiger partial charge < -0.3 is 20.3 Å². The molecule has 1 heterocycles. The molecule has 0 aliphatic carbocycles. The maximum Gasteiger partial charge on any atom is 0.410 e. The van der Waals surface area contributed by atoms with Gasteiger partial charge in [-0.05, 0) is 31.2 Å². The zero-order valence-electron chi connectivity index (χ0n) is 16.1. The Kier molecular flexibility index (Phi) is 7.45. The van der Waals surface area contributed by atoms with Gasteiger partial charge in [0.25, 0.3) is 0 Å². The van der Waals surface area contributed by atoms with Gasteiger partial charge in [-0.2, -0.15) is 0 Å². The first-order chi connectivity index (χ1) is 12.4. The lowest BCUT2D eigenvalue weighted by Gasteiger charge is -2.39. The van der Waals surface area contributed by atoms with E-state index in [-0.39, 0.29) is 30.6 Å². The van der Waals surface area contributed by atoms with E-state index in [0.29, 0.717) is 19.6 Å². The van der Waals surface area contributed by atoms with Gasteiger partial charge in [0.1, 0.15) is 6.61 Å². The predicted molar refractivity (Wildman–Crippen MR) is 101 cm³/mol. The molecule has 0 spiro atoms. The molecule has 0 radical (unpaired) electrons. The van der Waals surface area contributed by atoms with Crippen molar-refractivity contribution in [3.8, 4) is 0 Å². The molecule has 6 heteroatoms. The van der Waals surface area contributed by atoms with E-state index in [0.717, 1.165) is 18.4 Å². The molecule has 0 bridgehead atoms. The minimum atomic E-state index is -0.492. The molecule has 0 saturated carbocycles. The van der Waals surface area contributed by atoms with Gasteiger partial charge in [-0.15, -0.1) is 0 Å². The Morgan fingerprint density at radius 1 is 1.31 bits per heavy atom. The number of likely N-dealkylation sites (tertiary alicyclic amines) is 1. The molecule has 1 fully saturated rings. The van der Waals surface area contributed by atoms with Crippen molar-refractivity contribution in [1.29, 1.82) is 0 Å². The van der Waals surface area contributed by atoms with E-state index in [9.17, 15) is 9.59 Å². The molecule has 1 aliphatic heterocycles. The second-order valence-electron chi connectivity index (χ2n) is 7.18. The smallest absolute Gasteiger partial charge is 0.410 e. The summed E-state index contributed by atoms with van der Waals surface area (Å²) in [6.45, 7) is 7.86. The quantitative estimate of drug-likeness (QED) is 0.845. The van der Waals surface area contributed by atoms with Crippen molar-refractivity contribution >= 4 is 12.0 Å². The van der Waals surface area contributed by atoms with Gasteiger partial charge in [-0.3, -0.25) is 4.79 Å². The van der Waals surface area contributed by atoms with Gasteiger partial charge in [0.05, 0.1) is 12.1 Å². The van der Waals surface area contributed by atoms with Crippen LogP contribution >= 0.6 is 0 Å². The largest absolute Gasteiger partial charge is 0.445 e. The average molecular weight is 361 g/mol. The molecule has 1 aliphatic rings. The molecular formula is C20H31N3O3. The molecular weight excluding hydrogens is 330 g/mol. The number of nitrogens with zero attached hydrogens (tertiary/aromatic N) is 2. The maximum atomic E-state index is 12.5. The Hall–Kier alpha value is -2.08. The van der Waals surface area contributed by atoms with E-state index in [1.807, 2.05) is 51.1 Å². The topological polar surface area (TPSA) is 75.9 Å². The normalized spacial score (nSPS) is 18.5. The first kappa shape index (κ1) is 20.2. The van der Waals surface area contributed by atoms with Crippen molar-refractivity contribution in [3.63, 3.8) is 0 Å². The molecule has 2 amide bonds. The van der Waals surface area contributed by atoms with Crippen LogP contribution in [0.25, 0.3) is 0 Å². The molecule has 2 rings (SSSR count). The van der Waals surface area contributed by atoms with Crippen LogP contribution < -0.4 is 5.73 Å². The molecule has 2 atom stereocenters. The van der Waals surface area contributed by atoms with Crippen molar-refractivity contribution < 1.29 is 14.3 Å². The number of ether oxygens (including phenoxy) is 1. The number of rotatable bonds is 6. The number of nitrogens with two attached hydrogens (primary N) is 1. The predicted octanol–water partition coefficient (Wildman–Crippen LogP) is 2.62. The van der Waals surface area contributed by atoms with Crippen molar-refractivity contribution in [2.75, 3.05) is 19.6 Å². The zero-order valence-corrected chi connectivity index (χ0v) is 16.1. The summed E-state index contributed by atoms with van der Waals surface area (Å²) in [4.78, 5) is 28.6. The summed E-state index contributed by atoms with van der Waals surface area (Å²) in [6, 6.07) is 9.11. The Balaban J connectivity index is 1.95. The van der Waals surface area contributed by atoms with E-state index in [2.05, 4.69) is 0 Å². The third kappa shape index (κ3) is 5.21. The van der Waals surface area contributed by atoms with E-state index in [1.165, 1.54) is 0 Å². The number of hydrogen-bond acceptors (Lipinski definition) is 4. The van der Waals surface area contributed by atoms with E-state index in [1.54, 1.807) is 9.80 Å². The third-order valence-corrected chi connectivity index (χ3v) is 4.93. The van der Waals surface area contributed by atoms with E-state index in [4.69, 9.17) is 10.5 Å². The van der Waals surface area contributed by atoms with Crippen LogP contribution in [0.1, 0.15) is 39.2 Å². The number of benzene rings is 1. The number of carbonyl (C=O) groups excluding carboxylic acids is 2. The van der Waals surface area contributed by atoms with Crippen LogP contribution in [0, 0.1) is 5.92 Å². The standard InChI is InChI=1S/C20H31N3O3/c1-4-23(20(25)26-14-16-9-6-5-7-10-16)17-11-8-12-22(13-17)19(24)18(21)15(2)3/h5-7,9-10,15,17-18H,4,8,11-14,21H2,1-3H3. The highest BCUT2D eigenvalue weighted by atomic mass is 16.6. The zero-order chi connectivity index (χ0) is 19.1. The first-order valence-corrected chi connectivity index (χ1v) is 9.45. The highest BCUT2D eigenvalue weighted by Gasteiger charge is 2.32. The van der Waals surface area contributed by atoms with Crippen molar-refractivity contribution in [3.05, 3.63) is 35.9 Å². The average Bonchev–Trinajstić information content (AvgIpc) is 2.66. The highest BCUT2D eigenvalue weighted by Crippen LogP contribution is 2.19. The fraction of sp³-hybridized carbons (Fsp3) is 0.600. The second-order valence-corrected chi connectivity index (χ2v) is 7.18. The number of piperidine rings is 1. The highest BCUT2D eigenvalue weighted by molar-refractivity contribution is 5.82. The Morgan fingerprint density at radius 2 is 2.00 bits per heavy atom. The molecule has 0 aromatic heterocycles. The van der Waals surface area contributed by atoms with Gasteiger partial charge in [0, 0.05) is 19.6 Å². The summed E-state index contributed by atoms with van der Waals surface area (Å²) in [5, 5.41) is 0. The number of amides is 2. The molecule has 1 aromatic carbocycles. The van der Waals surface area contributed by atoms with Gasteiger partial charge >= 0.3 is 6.09 Å². The van der Waals surface area contributed by atoms with Gasteiger partial charge in [0.15, 0.2) is 0 Å². The fourth-order valence-corrected chi connectivity index (χ4v) is 3.24. The molecule has 2 N–H and O–H groups in total. The summed E-state index contributed by atoms with van der Waals surface area (Å²) in [5.74, 6) is 0.0689. The van der Waals surface area contributed by atoms with Gasteiger partial charge in [-0.25, -0.2) is 4.79 Å². The third-order valence-electron chi connectivity index (χ3n) is 4.93. The Bertz CT molecular complexity index is 591. The van der Waals surface area contributed by atoms with Crippen molar-refractivity contribution in [1.82, 2.24) is 9.80 Å². The summed E-state index contributed by atoms with van der Waals surface area (Å²) in [7, 11) is 0. The summed E-state index contributed by atoms with van der Waals surface area (Å²) < 4.78 is 5.47. The number of hydrogen-bond donors (Lipinski definition) is 1. The minimum absolute atomic E-state index is 0.0275. The van der Waals surface area contributed by atoms with Gasteiger partial charge in [-0.1, -0.05) is 44.2 Å². The SMILES string of the molecule is CCN(C(=O)OCc1ccccc1)C1CCCN(C(=O)C(N)C(C)C)C1. The van der Waals surface area contributed by atoms with E-state index >= 15 is 0 Å². The van der Waals surface area contributed by atoms with Crippen LogP contribution in [0.15, 0.2) is 30.3 Å². The van der Waals surface area contributed by atoms with Crippen LogP contribution in [-0.2, 0) is 16.1 Å². The number of likely N-dealkylation sites (N-methyl/N-ethyl adjacent to an activating group) is 1. The van der Waals surface area contributed by atoms with Crippen LogP contribution in [0.2, 0.25) is 0 Å². The fourth-order valence-electron chi connectivity index (χ4n) is 3.24. The Labute approximate surface area is 156 Å². The lowest BCUT2D eigenvalue weighted by molar-refractivity contribution is -0.135. The van der Waals surface area contributed by atoms with Crippen molar-refractivity contribution in [2.24, 2.45) is 11.7 Å². The second kappa shape index (κ2) is 9.57. The molecule has 26 heavy (non-hydrogen) atoms. The Morgan fingerprint density at radius 3 is 2.62 bits per heavy atom. The lowest BCUT2D eigenvalue weighted by atomic mass is 10.00. The summed E-state index contributed by atoms with van der Waals surface area (Å²) in [6.07, 6.45) is 1.40. The lowest BCUT2D eigenvalue weighted by Crippen LogP contribution is -2.55. The number of carbonyl (C=O) groups is 2. The van der Waals surface area contributed by atoms with Crippen LogP contribution in [0.5, 0.6) is 0 Å². The molecule has 1 saturated heterocycles. The summed E-state index contributed by atoms with van der Waals surface area (Å²) >= 11 is 0. The van der Waals surface area contributed by atoms with Crippen LogP contribution in [0.4, 0.5) is 4.79 Å². The van der Waals surface area contributed by atoms with Crippen LogP contribution in [0.3, 0.4) is 0 Å². The van der Waals surface area contributed by atoms with Crippen molar-refractivity contribution in [2.45, 2.75) is 52.3 Å². The molecule has 1 aromatic rings. The molecule has 6 nitrogen and oxygen atoms in total. The molecule has 2 unspecified atom stereocenters.